The zero-order chi connectivity index (χ0) is 23.9. The van der Waals surface area contributed by atoms with Crippen LogP contribution in [0.15, 0.2) is 50.8 Å². The maximum Gasteiger partial charge on any atom is 0.269 e. The van der Waals surface area contributed by atoms with Crippen LogP contribution in [-0.2, 0) is 14.8 Å². The predicted octanol–water partition coefficient (Wildman–Crippen LogP) is 3.78. The third-order valence-corrected chi connectivity index (χ3v) is 6.43. The van der Waals surface area contributed by atoms with E-state index in [1.807, 2.05) is 6.07 Å². The van der Waals surface area contributed by atoms with E-state index in [4.69, 9.17) is 10.00 Å². The Morgan fingerprint density at radius 1 is 1.31 bits per heavy atom. The van der Waals surface area contributed by atoms with E-state index in [0.717, 1.165) is 12.1 Å². The van der Waals surface area contributed by atoms with Gasteiger partial charge in [-0.15, -0.1) is 0 Å². The highest BCUT2D eigenvalue weighted by molar-refractivity contribution is 9.12. The molecule has 0 heterocycles. The summed E-state index contributed by atoms with van der Waals surface area (Å²) in [7, 11) is -2.06. The van der Waals surface area contributed by atoms with E-state index in [-0.39, 0.29) is 17.8 Å². The topological polar surface area (TPSA) is 94.8 Å². The summed E-state index contributed by atoms with van der Waals surface area (Å²) in [6, 6.07) is 7.71. The molecular formula is C20H18BrF3N4O3S. The van der Waals surface area contributed by atoms with Crippen LogP contribution in [0, 0.1) is 28.8 Å². The molecule has 170 valence electrons. The van der Waals surface area contributed by atoms with Crippen molar-refractivity contribution in [1.29, 1.82) is 5.26 Å². The number of halogens is 4. The standard InChI is InChI=1S/C20H18BrF3N4O3S/c1-26-20(15(21)11-27-9-8-25)14-4-3-5-17(19(14)24)28(12-31-2)32(29,30)18-10-13(22)6-7-16(18)23/h3-7,10-11,26H,9,12H2,1-2H3. The summed E-state index contributed by atoms with van der Waals surface area (Å²) in [4.78, 5) is 2.88. The minimum absolute atomic E-state index is 0.0451. The molecule has 0 aliphatic rings. The van der Waals surface area contributed by atoms with Crippen LogP contribution in [0.2, 0.25) is 0 Å². The number of nitrogens with zero attached hydrogens (tertiary/aromatic N) is 3. The molecule has 1 N–H and O–H groups in total. The van der Waals surface area contributed by atoms with Gasteiger partial charge in [0.1, 0.15) is 29.8 Å². The number of hydrogen-bond donors (Lipinski definition) is 1. The van der Waals surface area contributed by atoms with Crippen molar-refractivity contribution in [1.82, 2.24) is 5.32 Å². The van der Waals surface area contributed by atoms with Gasteiger partial charge in [0.2, 0.25) is 0 Å². The third kappa shape index (κ3) is 5.48. The van der Waals surface area contributed by atoms with Gasteiger partial charge in [-0.3, -0.25) is 4.99 Å². The fourth-order valence-corrected chi connectivity index (χ4v) is 4.71. The Labute approximate surface area is 192 Å². The number of sulfonamides is 1. The van der Waals surface area contributed by atoms with Crippen LogP contribution in [0.5, 0.6) is 0 Å². The number of methoxy groups -OCH3 is 1. The number of allylic oxidation sites excluding steroid dienone is 1. The van der Waals surface area contributed by atoms with E-state index in [9.17, 15) is 17.2 Å². The minimum Gasteiger partial charge on any atom is -0.387 e. The van der Waals surface area contributed by atoms with Crippen LogP contribution in [0.4, 0.5) is 18.9 Å². The molecule has 32 heavy (non-hydrogen) atoms. The molecular weight excluding hydrogens is 513 g/mol. The quantitative estimate of drug-likeness (QED) is 0.302. The molecule has 0 aliphatic carbocycles. The second-order valence-electron chi connectivity index (χ2n) is 6.09. The van der Waals surface area contributed by atoms with Crippen molar-refractivity contribution in [3.8, 4) is 6.07 Å². The highest BCUT2D eigenvalue weighted by atomic mass is 79.9. The van der Waals surface area contributed by atoms with E-state index in [2.05, 4.69) is 26.2 Å². The number of nitrogens with one attached hydrogen (secondary N) is 1. The van der Waals surface area contributed by atoms with Crippen LogP contribution in [0.1, 0.15) is 5.56 Å². The largest absolute Gasteiger partial charge is 0.387 e. The molecule has 2 rings (SSSR count). The Balaban J connectivity index is 2.68. The van der Waals surface area contributed by atoms with Gasteiger partial charge in [0.15, 0.2) is 5.82 Å². The minimum atomic E-state index is -4.74. The second kappa shape index (κ2) is 11.1. The van der Waals surface area contributed by atoms with E-state index in [0.29, 0.717) is 20.9 Å². The summed E-state index contributed by atoms with van der Waals surface area (Å²) in [5, 5.41) is 11.4. The molecule has 0 aliphatic heterocycles. The van der Waals surface area contributed by atoms with Crippen LogP contribution < -0.4 is 9.62 Å². The summed E-state index contributed by atoms with van der Waals surface area (Å²) < 4.78 is 75.3. The van der Waals surface area contributed by atoms with E-state index < -0.39 is 44.8 Å². The van der Waals surface area contributed by atoms with Crippen molar-refractivity contribution in [2.45, 2.75) is 4.90 Å². The van der Waals surface area contributed by atoms with Gasteiger partial charge in [0.05, 0.1) is 21.9 Å². The molecule has 2 aromatic carbocycles. The first-order valence-corrected chi connectivity index (χ1v) is 11.1. The Morgan fingerprint density at radius 3 is 2.66 bits per heavy atom. The smallest absolute Gasteiger partial charge is 0.269 e. The van der Waals surface area contributed by atoms with Gasteiger partial charge < -0.3 is 10.1 Å². The zero-order valence-corrected chi connectivity index (χ0v) is 19.3. The van der Waals surface area contributed by atoms with Gasteiger partial charge in [0.25, 0.3) is 10.0 Å². The van der Waals surface area contributed by atoms with Crippen LogP contribution in [-0.4, -0.2) is 42.1 Å². The van der Waals surface area contributed by atoms with Gasteiger partial charge in [-0.05, 0) is 46.3 Å². The molecule has 0 radical (unpaired) electrons. The van der Waals surface area contributed by atoms with E-state index in [1.165, 1.54) is 32.5 Å². The first-order chi connectivity index (χ1) is 15.2. The van der Waals surface area contributed by atoms with Crippen molar-refractivity contribution in [2.24, 2.45) is 4.99 Å². The third-order valence-electron chi connectivity index (χ3n) is 4.08. The molecule has 0 saturated heterocycles. The lowest BCUT2D eigenvalue weighted by atomic mass is 10.1. The molecule has 0 aromatic heterocycles. The lowest BCUT2D eigenvalue weighted by Gasteiger charge is -2.25. The predicted molar refractivity (Wildman–Crippen MR) is 118 cm³/mol. The van der Waals surface area contributed by atoms with E-state index >= 15 is 4.39 Å². The van der Waals surface area contributed by atoms with Gasteiger partial charge in [0, 0.05) is 25.9 Å². The first-order valence-electron chi connectivity index (χ1n) is 8.89. The highest BCUT2D eigenvalue weighted by Gasteiger charge is 2.31. The average molecular weight is 531 g/mol. The molecule has 0 amide bonds. The van der Waals surface area contributed by atoms with Crippen molar-refractivity contribution in [3.63, 3.8) is 0 Å². The average Bonchev–Trinajstić information content (AvgIpc) is 2.75. The second-order valence-corrected chi connectivity index (χ2v) is 8.77. The lowest BCUT2D eigenvalue weighted by molar-refractivity contribution is 0.209. The number of benzene rings is 2. The summed E-state index contributed by atoms with van der Waals surface area (Å²) in [5.74, 6) is -3.14. The molecule has 0 bridgehead atoms. The molecule has 7 nitrogen and oxygen atoms in total. The maximum absolute atomic E-state index is 15.5. The number of hydrogen-bond acceptors (Lipinski definition) is 6. The monoisotopic (exact) mass is 530 g/mol. The van der Waals surface area contributed by atoms with Gasteiger partial charge in [-0.25, -0.2) is 25.9 Å². The number of rotatable bonds is 9. The molecule has 0 atom stereocenters. The van der Waals surface area contributed by atoms with Crippen LogP contribution >= 0.6 is 15.9 Å². The van der Waals surface area contributed by atoms with Crippen molar-refractivity contribution in [3.05, 3.63) is 63.9 Å². The molecule has 0 unspecified atom stereocenters. The molecule has 0 saturated carbocycles. The number of aliphatic imine (C=N–C) groups is 1. The summed E-state index contributed by atoms with van der Waals surface area (Å²) in [5.41, 5.74) is -0.288. The summed E-state index contributed by atoms with van der Waals surface area (Å²) in [6.45, 7) is -0.782. The number of ether oxygens (including phenoxy) is 1. The van der Waals surface area contributed by atoms with Crippen molar-refractivity contribution >= 4 is 43.6 Å². The normalized spacial score (nSPS) is 12.4. The molecule has 0 fully saturated rings. The summed E-state index contributed by atoms with van der Waals surface area (Å²) >= 11 is 3.24. The SMILES string of the molecule is CNC(=C(Br)C=NCC#N)c1cccc(N(COC)S(=O)(=O)c2cc(F)ccc2F)c1F. The van der Waals surface area contributed by atoms with E-state index in [1.54, 1.807) is 0 Å². The molecule has 12 heteroatoms. The van der Waals surface area contributed by atoms with Crippen LogP contribution in [0.25, 0.3) is 5.70 Å². The Kier molecular flexibility index (Phi) is 8.82. The fourth-order valence-electron chi connectivity index (χ4n) is 2.70. The molecule has 2 aromatic rings. The fraction of sp³-hybridized carbons (Fsp3) is 0.200. The van der Waals surface area contributed by atoms with Crippen molar-refractivity contribution < 1.29 is 26.3 Å². The van der Waals surface area contributed by atoms with Gasteiger partial charge in [-0.1, -0.05) is 6.07 Å². The van der Waals surface area contributed by atoms with Crippen LogP contribution in [0.3, 0.4) is 0 Å². The number of nitriles is 1. The Bertz CT molecular complexity index is 1200. The number of anilines is 1. The van der Waals surface area contributed by atoms with Crippen molar-refractivity contribution in [2.75, 3.05) is 31.7 Å². The van der Waals surface area contributed by atoms with Gasteiger partial charge in [-0.2, -0.15) is 5.26 Å². The molecule has 0 spiro atoms. The Hall–Kier alpha value is -2.88. The Morgan fingerprint density at radius 2 is 2.03 bits per heavy atom. The zero-order valence-electron chi connectivity index (χ0n) is 16.9. The summed E-state index contributed by atoms with van der Waals surface area (Å²) in [6.07, 6.45) is 1.30. The lowest BCUT2D eigenvalue weighted by Crippen LogP contribution is -2.34. The first kappa shape index (κ1) is 25.4. The highest BCUT2D eigenvalue weighted by Crippen LogP contribution is 2.32. The van der Waals surface area contributed by atoms with Gasteiger partial charge >= 0.3 is 0 Å². The maximum atomic E-state index is 15.5.